The van der Waals surface area contributed by atoms with Crippen molar-refractivity contribution in [2.24, 2.45) is 5.73 Å². The molecule has 1 atom stereocenters. The number of ether oxygens (including phenoxy) is 1. The van der Waals surface area contributed by atoms with E-state index in [2.05, 4.69) is 11.1 Å². The third kappa shape index (κ3) is 3.38. The van der Waals surface area contributed by atoms with Crippen LogP contribution < -0.4 is 5.73 Å². The Morgan fingerprint density at radius 1 is 1.35 bits per heavy atom. The van der Waals surface area contributed by atoms with Crippen molar-refractivity contribution in [3.8, 4) is 0 Å². The summed E-state index contributed by atoms with van der Waals surface area (Å²) in [5, 5.41) is 1.17. The molecule has 0 aliphatic carbocycles. The fraction of sp³-hybridized carbons (Fsp3) is 0.333. The van der Waals surface area contributed by atoms with E-state index >= 15 is 0 Å². The molecule has 106 valence electrons. The standard InChI is InChI=1S/C15H18N2O3/c1-10(15(16)19)20-14(18)8-4-5-11-9-17-13-7-3-2-6-12(11)13/h2-3,6-7,9-10,17H,4-5,8H2,1H3,(H2,16,19). The number of primary amides is 1. The smallest absolute Gasteiger partial charge is 0.306 e. The predicted molar refractivity (Wildman–Crippen MR) is 76.0 cm³/mol. The fourth-order valence-corrected chi connectivity index (χ4v) is 2.08. The Balaban J connectivity index is 1.84. The predicted octanol–water partition coefficient (Wildman–Crippen LogP) is 1.91. The summed E-state index contributed by atoms with van der Waals surface area (Å²) in [5.74, 6) is -1.02. The number of aryl methyl sites for hydroxylation is 1. The molecule has 2 rings (SSSR count). The van der Waals surface area contributed by atoms with Gasteiger partial charge in [-0.15, -0.1) is 0 Å². The molecule has 0 aliphatic heterocycles. The van der Waals surface area contributed by atoms with Crippen molar-refractivity contribution >= 4 is 22.8 Å². The Hall–Kier alpha value is -2.30. The maximum absolute atomic E-state index is 11.5. The van der Waals surface area contributed by atoms with Crippen LogP contribution in [0.1, 0.15) is 25.3 Å². The number of aromatic amines is 1. The molecule has 5 nitrogen and oxygen atoms in total. The molecule has 1 aromatic carbocycles. The van der Waals surface area contributed by atoms with Gasteiger partial charge >= 0.3 is 5.97 Å². The molecule has 0 fully saturated rings. The van der Waals surface area contributed by atoms with Gasteiger partial charge in [0.25, 0.3) is 5.91 Å². The van der Waals surface area contributed by atoms with Crippen LogP contribution in [-0.4, -0.2) is 23.0 Å². The van der Waals surface area contributed by atoms with Gasteiger partial charge in [-0.1, -0.05) is 18.2 Å². The van der Waals surface area contributed by atoms with Gasteiger partial charge in [0.2, 0.25) is 0 Å². The van der Waals surface area contributed by atoms with Gasteiger partial charge < -0.3 is 15.5 Å². The van der Waals surface area contributed by atoms with Gasteiger partial charge in [0.15, 0.2) is 6.10 Å². The SMILES string of the molecule is CC(OC(=O)CCCc1c[nH]c2ccccc12)C(N)=O. The molecule has 1 amide bonds. The van der Waals surface area contributed by atoms with Crippen molar-refractivity contribution in [1.82, 2.24) is 4.98 Å². The minimum Gasteiger partial charge on any atom is -0.453 e. The minimum atomic E-state index is -0.865. The maximum Gasteiger partial charge on any atom is 0.306 e. The molecule has 1 heterocycles. The highest BCUT2D eigenvalue weighted by molar-refractivity contribution is 5.83. The normalized spacial score (nSPS) is 12.2. The van der Waals surface area contributed by atoms with E-state index in [-0.39, 0.29) is 6.42 Å². The Morgan fingerprint density at radius 2 is 2.10 bits per heavy atom. The highest BCUT2D eigenvalue weighted by Gasteiger charge is 2.14. The van der Waals surface area contributed by atoms with Gasteiger partial charge in [-0.25, -0.2) is 0 Å². The quantitative estimate of drug-likeness (QED) is 0.789. The van der Waals surface area contributed by atoms with Crippen molar-refractivity contribution in [3.63, 3.8) is 0 Å². The van der Waals surface area contributed by atoms with Gasteiger partial charge in [-0.05, 0) is 31.4 Å². The van der Waals surface area contributed by atoms with Crippen LogP contribution in [0.2, 0.25) is 0 Å². The summed E-state index contributed by atoms with van der Waals surface area (Å²) in [6.45, 7) is 1.47. The van der Waals surface area contributed by atoms with Gasteiger partial charge in [-0.3, -0.25) is 9.59 Å². The van der Waals surface area contributed by atoms with E-state index in [0.29, 0.717) is 6.42 Å². The molecule has 3 N–H and O–H groups in total. The molecule has 1 unspecified atom stereocenters. The second kappa shape index (κ2) is 6.23. The molecule has 0 radical (unpaired) electrons. The lowest BCUT2D eigenvalue weighted by atomic mass is 10.1. The van der Waals surface area contributed by atoms with E-state index in [4.69, 9.17) is 10.5 Å². The monoisotopic (exact) mass is 274 g/mol. The zero-order valence-electron chi connectivity index (χ0n) is 11.4. The summed E-state index contributed by atoms with van der Waals surface area (Å²) in [5.41, 5.74) is 7.30. The number of esters is 1. The van der Waals surface area contributed by atoms with Crippen molar-refractivity contribution in [2.45, 2.75) is 32.3 Å². The van der Waals surface area contributed by atoms with Gasteiger partial charge in [0.1, 0.15) is 0 Å². The molecule has 20 heavy (non-hydrogen) atoms. The highest BCUT2D eigenvalue weighted by Crippen LogP contribution is 2.19. The van der Waals surface area contributed by atoms with Crippen molar-refractivity contribution in [3.05, 3.63) is 36.0 Å². The molecule has 1 aromatic heterocycles. The first-order valence-corrected chi connectivity index (χ1v) is 6.61. The fourth-order valence-electron chi connectivity index (χ4n) is 2.08. The van der Waals surface area contributed by atoms with E-state index in [9.17, 15) is 9.59 Å². The molecule has 0 saturated heterocycles. The van der Waals surface area contributed by atoms with Gasteiger partial charge in [0, 0.05) is 23.5 Å². The molecular weight excluding hydrogens is 256 g/mol. The number of rotatable bonds is 6. The van der Waals surface area contributed by atoms with Crippen LogP contribution in [0, 0.1) is 0 Å². The minimum absolute atomic E-state index is 0.275. The molecule has 0 spiro atoms. The number of carbonyl (C=O) groups excluding carboxylic acids is 2. The summed E-state index contributed by atoms with van der Waals surface area (Å²) in [4.78, 5) is 25.5. The number of H-pyrrole nitrogens is 1. The van der Waals surface area contributed by atoms with Crippen molar-refractivity contribution in [1.29, 1.82) is 0 Å². The van der Waals surface area contributed by atoms with E-state index in [1.165, 1.54) is 17.9 Å². The van der Waals surface area contributed by atoms with E-state index in [1.54, 1.807) is 0 Å². The first kappa shape index (κ1) is 14.1. The Morgan fingerprint density at radius 3 is 2.85 bits per heavy atom. The highest BCUT2D eigenvalue weighted by atomic mass is 16.5. The lowest BCUT2D eigenvalue weighted by Gasteiger charge is -2.09. The molecular formula is C15H18N2O3. The number of amides is 1. The molecule has 2 aromatic rings. The Labute approximate surface area is 117 Å². The van der Waals surface area contributed by atoms with Crippen LogP contribution in [0.5, 0.6) is 0 Å². The van der Waals surface area contributed by atoms with E-state index in [0.717, 1.165) is 11.9 Å². The largest absolute Gasteiger partial charge is 0.453 e. The van der Waals surface area contributed by atoms with Gasteiger partial charge in [-0.2, -0.15) is 0 Å². The van der Waals surface area contributed by atoms with E-state index < -0.39 is 18.0 Å². The van der Waals surface area contributed by atoms with Crippen LogP contribution in [0.4, 0.5) is 0 Å². The number of carbonyl (C=O) groups is 2. The lowest BCUT2D eigenvalue weighted by Crippen LogP contribution is -2.30. The third-order valence-corrected chi connectivity index (χ3v) is 3.21. The number of nitrogens with one attached hydrogen (secondary N) is 1. The number of nitrogens with two attached hydrogens (primary N) is 1. The van der Waals surface area contributed by atoms with Crippen LogP contribution >= 0.6 is 0 Å². The van der Waals surface area contributed by atoms with E-state index in [1.807, 2.05) is 24.4 Å². The molecule has 0 saturated carbocycles. The van der Waals surface area contributed by atoms with Crippen LogP contribution in [0.3, 0.4) is 0 Å². The second-order valence-electron chi connectivity index (χ2n) is 4.75. The van der Waals surface area contributed by atoms with Crippen molar-refractivity contribution < 1.29 is 14.3 Å². The molecule has 5 heteroatoms. The maximum atomic E-state index is 11.5. The molecule has 0 bridgehead atoms. The average Bonchev–Trinajstić information content (AvgIpc) is 2.82. The van der Waals surface area contributed by atoms with Crippen LogP contribution in [0.15, 0.2) is 30.5 Å². The first-order chi connectivity index (χ1) is 9.58. The second-order valence-corrected chi connectivity index (χ2v) is 4.75. The summed E-state index contributed by atoms with van der Waals surface area (Å²) < 4.78 is 4.90. The number of hydrogen-bond donors (Lipinski definition) is 2. The number of benzene rings is 1. The average molecular weight is 274 g/mol. The first-order valence-electron chi connectivity index (χ1n) is 6.61. The van der Waals surface area contributed by atoms with Gasteiger partial charge in [0.05, 0.1) is 0 Å². The number of para-hydroxylation sites is 1. The Bertz CT molecular complexity index is 618. The number of aromatic nitrogens is 1. The summed E-state index contributed by atoms with van der Waals surface area (Å²) in [6.07, 6.45) is 2.82. The topological polar surface area (TPSA) is 85.2 Å². The Kier molecular flexibility index (Phi) is 4.40. The zero-order valence-corrected chi connectivity index (χ0v) is 11.4. The third-order valence-electron chi connectivity index (χ3n) is 3.21. The zero-order chi connectivity index (χ0) is 14.5. The number of hydrogen-bond acceptors (Lipinski definition) is 3. The summed E-state index contributed by atoms with van der Waals surface area (Å²) in [6, 6.07) is 8.03. The lowest BCUT2D eigenvalue weighted by molar-refractivity contribution is -0.153. The molecule has 0 aliphatic rings. The summed E-state index contributed by atoms with van der Waals surface area (Å²) in [7, 11) is 0. The van der Waals surface area contributed by atoms with Crippen molar-refractivity contribution in [2.75, 3.05) is 0 Å². The van der Waals surface area contributed by atoms with Crippen LogP contribution in [-0.2, 0) is 20.7 Å². The summed E-state index contributed by atoms with van der Waals surface area (Å²) >= 11 is 0. The number of fused-ring (bicyclic) bond motifs is 1. The van der Waals surface area contributed by atoms with Crippen LogP contribution in [0.25, 0.3) is 10.9 Å².